The molecule has 0 saturated carbocycles. The van der Waals surface area contributed by atoms with E-state index in [1.807, 2.05) is 16.7 Å². The number of aliphatic carboxylic acids is 1. The molecule has 1 amide bonds. The second-order valence-corrected chi connectivity index (χ2v) is 10.6. The molecule has 0 aliphatic carbocycles. The number of fused-ring (bicyclic) bond motifs is 1. The molecule has 42 heavy (non-hydrogen) atoms. The van der Waals surface area contributed by atoms with E-state index in [9.17, 15) is 22.8 Å². The van der Waals surface area contributed by atoms with Gasteiger partial charge in [-0.15, -0.1) is 0 Å². The summed E-state index contributed by atoms with van der Waals surface area (Å²) in [6.45, 7) is 2.16. The van der Waals surface area contributed by atoms with Gasteiger partial charge in [-0.1, -0.05) is 50.3 Å². The third-order valence-electron chi connectivity index (χ3n) is 7.04. The maximum absolute atomic E-state index is 13.7. The highest BCUT2D eigenvalue weighted by molar-refractivity contribution is 6.31. The molecule has 0 aliphatic heterocycles. The fourth-order valence-corrected chi connectivity index (χ4v) is 5.13. The predicted octanol–water partition coefficient (Wildman–Crippen LogP) is 8.63. The van der Waals surface area contributed by atoms with Crippen LogP contribution in [-0.2, 0) is 11.0 Å². The molecule has 1 unspecified atom stereocenters. The molecule has 1 atom stereocenters. The molecule has 0 fully saturated rings. The molecular formula is C32H33ClF3N3O3. The fourth-order valence-electron chi connectivity index (χ4n) is 4.95. The molecule has 6 nitrogen and oxygen atoms in total. The van der Waals surface area contributed by atoms with E-state index in [1.165, 1.54) is 6.07 Å². The average Bonchev–Trinajstić information content (AvgIpc) is 3.33. The quantitative estimate of drug-likeness (QED) is 0.134. The molecule has 3 aromatic carbocycles. The van der Waals surface area contributed by atoms with Gasteiger partial charge in [0.1, 0.15) is 0 Å². The molecule has 0 aliphatic rings. The van der Waals surface area contributed by atoms with Crippen molar-refractivity contribution < 1.29 is 27.9 Å². The zero-order valence-electron chi connectivity index (χ0n) is 23.2. The molecule has 1 heterocycles. The van der Waals surface area contributed by atoms with E-state index in [1.54, 1.807) is 42.5 Å². The van der Waals surface area contributed by atoms with Crippen molar-refractivity contribution in [3.05, 3.63) is 94.6 Å². The number of carbonyl (C=O) groups is 2. The van der Waals surface area contributed by atoms with Gasteiger partial charge in [-0.05, 0) is 73.2 Å². The predicted molar refractivity (Wildman–Crippen MR) is 159 cm³/mol. The standard InChI is InChI=1S/C32H33ClF3N3O3/c1-2-3-4-5-9-27(38-25-13-10-21(11-14-25)31(42)37-17-16-30(40)41)29-19-22-18-24(33)12-15-28(22)39(29)26-8-6-7-23(20-26)32(34,35)36/h6-8,10-15,18-20,27,38H,2-5,9,16-17H2,1H3,(H,37,42)(H,40,41). The van der Waals surface area contributed by atoms with Crippen LogP contribution in [0.2, 0.25) is 5.02 Å². The van der Waals surface area contributed by atoms with Crippen molar-refractivity contribution in [2.75, 3.05) is 11.9 Å². The first-order chi connectivity index (χ1) is 20.1. The number of nitrogens with one attached hydrogen (secondary N) is 2. The van der Waals surface area contributed by atoms with Gasteiger partial charge in [-0.2, -0.15) is 13.2 Å². The van der Waals surface area contributed by atoms with Gasteiger partial charge in [0.25, 0.3) is 5.91 Å². The monoisotopic (exact) mass is 599 g/mol. The lowest BCUT2D eigenvalue weighted by Gasteiger charge is -2.23. The summed E-state index contributed by atoms with van der Waals surface area (Å²) in [4.78, 5) is 23.1. The van der Waals surface area contributed by atoms with Crippen molar-refractivity contribution in [3.63, 3.8) is 0 Å². The third-order valence-corrected chi connectivity index (χ3v) is 7.27. The molecule has 0 radical (unpaired) electrons. The van der Waals surface area contributed by atoms with Crippen molar-refractivity contribution in [1.82, 2.24) is 9.88 Å². The Bertz CT molecular complexity index is 1530. The number of benzene rings is 3. The van der Waals surface area contributed by atoms with Gasteiger partial charge in [0.05, 0.1) is 23.5 Å². The van der Waals surface area contributed by atoms with Crippen LogP contribution in [0.1, 0.15) is 73.1 Å². The minimum Gasteiger partial charge on any atom is -0.481 e. The zero-order valence-corrected chi connectivity index (χ0v) is 23.9. The molecule has 3 N–H and O–H groups in total. The van der Waals surface area contributed by atoms with Crippen molar-refractivity contribution in [3.8, 4) is 5.69 Å². The number of halogens is 4. The molecule has 10 heteroatoms. The van der Waals surface area contributed by atoms with E-state index in [-0.39, 0.29) is 24.9 Å². The average molecular weight is 600 g/mol. The normalized spacial score (nSPS) is 12.3. The Kier molecular flexibility index (Phi) is 10.2. The number of carboxylic acids is 1. The number of rotatable bonds is 13. The van der Waals surface area contributed by atoms with Crippen LogP contribution in [-0.4, -0.2) is 28.1 Å². The molecule has 0 spiro atoms. The van der Waals surface area contributed by atoms with E-state index < -0.39 is 17.7 Å². The van der Waals surface area contributed by atoms with Crippen LogP contribution in [0.15, 0.2) is 72.8 Å². The maximum Gasteiger partial charge on any atom is 0.416 e. The molecule has 1 aromatic heterocycles. The van der Waals surface area contributed by atoms with E-state index in [4.69, 9.17) is 16.7 Å². The number of carbonyl (C=O) groups excluding carboxylic acids is 1. The Morgan fingerprint density at radius 3 is 2.43 bits per heavy atom. The van der Waals surface area contributed by atoms with Crippen LogP contribution in [0.3, 0.4) is 0 Å². The number of carboxylic acid groups (broad SMARTS) is 1. The number of hydrogen-bond acceptors (Lipinski definition) is 3. The lowest BCUT2D eigenvalue weighted by Crippen LogP contribution is -2.25. The van der Waals surface area contributed by atoms with Crippen molar-refractivity contribution >= 4 is 40.1 Å². The fraction of sp³-hybridized carbons (Fsp3) is 0.312. The molecule has 0 bridgehead atoms. The highest BCUT2D eigenvalue weighted by Gasteiger charge is 2.31. The second-order valence-electron chi connectivity index (χ2n) is 10.2. The van der Waals surface area contributed by atoms with E-state index in [2.05, 4.69) is 17.6 Å². The Morgan fingerprint density at radius 2 is 1.74 bits per heavy atom. The zero-order chi connectivity index (χ0) is 30.3. The lowest BCUT2D eigenvalue weighted by molar-refractivity contribution is -0.138. The Morgan fingerprint density at radius 1 is 0.976 bits per heavy atom. The first-order valence-electron chi connectivity index (χ1n) is 13.9. The second kappa shape index (κ2) is 13.8. The van der Waals surface area contributed by atoms with Gasteiger partial charge in [0.2, 0.25) is 0 Å². The number of amides is 1. The van der Waals surface area contributed by atoms with Crippen molar-refractivity contribution in [1.29, 1.82) is 0 Å². The van der Waals surface area contributed by atoms with Crippen LogP contribution in [0, 0.1) is 0 Å². The minimum atomic E-state index is -4.48. The summed E-state index contributed by atoms with van der Waals surface area (Å²) in [6.07, 6.45) is 0.125. The van der Waals surface area contributed by atoms with Gasteiger partial charge < -0.3 is 20.3 Å². The van der Waals surface area contributed by atoms with Crippen LogP contribution >= 0.6 is 11.6 Å². The summed E-state index contributed by atoms with van der Waals surface area (Å²) < 4.78 is 42.8. The Hall–Kier alpha value is -3.98. The van der Waals surface area contributed by atoms with Crippen molar-refractivity contribution in [2.24, 2.45) is 0 Å². The van der Waals surface area contributed by atoms with E-state index >= 15 is 0 Å². The molecular weight excluding hydrogens is 567 g/mol. The highest BCUT2D eigenvalue weighted by atomic mass is 35.5. The topological polar surface area (TPSA) is 83.4 Å². The van der Waals surface area contributed by atoms with Crippen molar-refractivity contribution in [2.45, 2.75) is 57.7 Å². The van der Waals surface area contributed by atoms with Gasteiger partial charge in [0, 0.05) is 39.6 Å². The molecule has 222 valence electrons. The van der Waals surface area contributed by atoms with Crippen LogP contribution in [0.5, 0.6) is 0 Å². The summed E-state index contributed by atoms with van der Waals surface area (Å²) in [7, 11) is 0. The Labute approximate surface area is 247 Å². The molecule has 4 rings (SSSR count). The van der Waals surface area contributed by atoms with E-state index in [0.717, 1.165) is 66.5 Å². The first-order valence-corrected chi connectivity index (χ1v) is 14.3. The summed E-state index contributed by atoms with van der Waals surface area (Å²) in [5.74, 6) is -1.37. The van der Waals surface area contributed by atoms with Gasteiger partial charge in [-0.3, -0.25) is 9.59 Å². The van der Waals surface area contributed by atoms with Crippen LogP contribution in [0.25, 0.3) is 16.6 Å². The smallest absolute Gasteiger partial charge is 0.416 e. The largest absolute Gasteiger partial charge is 0.481 e. The number of unbranched alkanes of at least 4 members (excludes halogenated alkanes) is 3. The van der Waals surface area contributed by atoms with Crippen LogP contribution in [0.4, 0.5) is 18.9 Å². The van der Waals surface area contributed by atoms with Gasteiger partial charge >= 0.3 is 12.1 Å². The molecule has 0 saturated heterocycles. The number of aromatic nitrogens is 1. The summed E-state index contributed by atoms with van der Waals surface area (Å²) in [5.41, 5.74) is 2.31. The summed E-state index contributed by atoms with van der Waals surface area (Å²) >= 11 is 6.29. The highest BCUT2D eigenvalue weighted by Crippen LogP contribution is 2.36. The van der Waals surface area contributed by atoms with Gasteiger partial charge in [-0.25, -0.2) is 0 Å². The first kappa shape index (κ1) is 31.0. The SMILES string of the molecule is CCCCCCC(Nc1ccc(C(=O)NCCC(=O)O)cc1)c1cc2cc(Cl)ccc2n1-c1cccc(C(F)(F)F)c1. The number of anilines is 1. The number of nitrogens with zero attached hydrogens (tertiary/aromatic N) is 1. The number of alkyl halides is 3. The minimum absolute atomic E-state index is 0.0259. The lowest BCUT2D eigenvalue weighted by atomic mass is 10.0. The third kappa shape index (κ3) is 7.85. The molecule has 4 aromatic rings. The van der Waals surface area contributed by atoms with Crippen LogP contribution < -0.4 is 10.6 Å². The maximum atomic E-state index is 13.7. The summed E-state index contributed by atoms with van der Waals surface area (Å²) in [6, 6.07) is 19.1. The van der Waals surface area contributed by atoms with Gasteiger partial charge in [0.15, 0.2) is 0 Å². The summed E-state index contributed by atoms with van der Waals surface area (Å²) in [5, 5.41) is 16.2. The number of hydrogen-bond donors (Lipinski definition) is 3. The Balaban J connectivity index is 1.71. The van der Waals surface area contributed by atoms with E-state index in [0.29, 0.717) is 16.3 Å².